The lowest BCUT2D eigenvalue weighted by Crippen LogP contribution is -2.21. The van der Waals surface area contributed by atoms with Gasteiger partial charge < -0.3 is 0 Å². The van der Waals surface area contributed by atoms with E-state index in [0.717, 1.165) is 17.9 Å². The highest BCUT2D eigenvalue weighted by Gasteiger charge is 2.13. The van der Waals surface area contributed by atoms with Gasteiger partial charge in [0.25, 0.3) is 0 Å². The second-order valence-electron chi connectivity index (χ2n) is 4.25. The van der Waals surface area contributed by atoms with Gasteiger partial charge in [0.1, 0.15) is 11.6 Å². The van der Waals surface area contributed by atoms with Crippen molar-refractivity contribution in [2.24, 2.45) is 0 Å². The Hall–Kier alpha value is -2.50. The molecule has 1 N–H and O–H groups in total. The number of nitrogens with one attached hydrogen (secondary N) is 1. The highest BCUT2D eigenvalue weighted by Crippen LogP contribution is 2.11. The molecule has 0 radical (unpaired) electrons. The highest BCUT2D eigenvalue weighted by molar-refractivity contribution is 5.41. The van der Waals surface area contributed by atoms with Crippen molar-refractivity contribution in [2.45, 2.75) is 20.3 Å². The van der Waals surface area contributed by atoms with Gasteiger partial charge in [0.15, 0.2) is 0 Å². The molecule has 0 unspecified atom stereocenters. The van der Waals surface area contributed by atoms with Crippen LogP contribution in [-0.4, -0.2) is 24.1 Å². The average molecular weight is 254 g/mol. The van der Waals surface area contributed by atoms with E-state index in [4.69, 9.17) is 5.41 Å². The lowest BCUT2D eigenvalue weighted by Gasteiger charge is -2.01. The number of aromatic nitrogens is 5. The first-order valence-corrected chi connectivity index (χ1v) is 6.16. The van der Waals surface area contributed by atoms with Gasteiger partial charge in [-0.05, 0) is 19.1 Å². The molecule has 0 spiro atoms. The minimum Gasteiger partial charge on any atom is -0.267 e. The van der Waals surface area contributed by atoms with Crippen molar-refractivity contribution in [1.82, 2.24) is 24.1 Å². The maximum absolute atomic E-state index is 7.98. The van der Waals surface area contributed by atoms with Crippen LogP contribution in [0.25, 0.3) is 11.5 Å². The Bertz CT molecular complexity index is 784. The van der Waals surface area contributed by atoms with Crippen LogP contribution in [-0.2, 0) is 6.42 Å². The van der Waals surface area contributed by atoms with Crippen molar-refractivity contribution in [1.29, 1.82) is 5.41 Å². The molecule has 0 amide bonds. The van der Waals surface area contributed by atoms with E-state index in [0.29, 0.717) is 11.6 Å². The second kappa shape index (κ2) is 4.31. The van der Waals surface area contributed by atoms with Crippen molar-refractivity contribution >= 4 is 5.78 Å². The van der Waals surface area contributed by atoms with Crippen molar-refractivity contribution in [3.63, 3.8) is 0 Å². The first-order valence-electron chi connectivity index (χ1n) is 6.16. The van der Waals surface area contributed by atoms with E-state index in [1.54, 1.807) is 16.0 Å². The van der Waals surface area contributed by atoms with E-state index < -0.39 is 0 Å². The van der Waals surface area contributed by atoms with Crippen molar-refractivity contribution in [2.75, 3.05) is 0 Å². The molecule has 0 bridgehead atoms. The quantitative estimate of drug-likeness (QED) is 0.748. The van der Waals surface area contributed by atoms with Gasteiger partial charge in [0, 0.05) is 6.42 Å². The number of para-hydroxylation sites is 1. The summed E-state index contributed by atoms with van der Waals surface area (Å²) in [5.41, 5.74) is 1.10. The van der Waals surface area contributed by atoms with Gasteiger partial charge in [-0.1, -0.05) is 25.1 Å². The summed E-state index contributed by atoms with van der Waals surface area (Å²) in [7, 11) is 0. The Kier molecular flexibility index (Phi) is 2.63. The van der Waals surface area contributed by atoms with Crippen LogP contribution >= 0.6 is 0 Å². The number of nitrogens with zero attached hydrogens (tertiary/aromatic N) is 5. The topological polar surface area (TPSA) is 71.9 Å². The molecule has 1 aromatic carbocycles. The van der Waals surface area contributed by atoms with E-state index in [1.165, 1.54) is 0 Å². The summed E-state index contributed by atoms with van der Waals surface area (Å²) in [4.78, 5) is 8.50. The third-order valence-corrected chi connectivity index (χ3v) is 2.92. The van der Waals surface area contributed by atoms with E-state index in [9.17, 15) is 0 Å². The molecule has 0 fully saturated rings. The summed E-state index contributed by atoms with van der Waals surface area (Å²) in [6, 6.07) is 9.80. The number of hydrogen-bond donors (Lipinski definition) is 1. The van der Waals surface area contributed by atoms with Gasteiger partial charge in [-0.3, -0.25) is 5.41 Å². The fraction of sp³-hybridized carbons (Fsp3) is 0.231. The minimum atomic E-state index is 0.168. The summed E-state index contributed by atoms with van der Waals surface area (Å²) >= 11 is 0. The first kappa shape index (κ1) is 11.6. The van der Waals surface area contributed by atoms with E-state index in [-0.39, 0.29) is 5.62 Å². The van der Waals surface area contributed by atoms with Crippen LogP contribution in [0.3, 0.4) is 0 Å². The molecule has 0 aliphatic rings. The summed E-state index contributed by atoms with van der Waals surface area (Å²) in [5.74, 6) is 1.98. The van der Waals surface area contributed by atoms with E-state index in [2.05, 4.69) is 15.1 Å². The second-order valence-corrected chi connectivity index (χ2v) is 4.25. The lowest BCUT2D eigenvalue weighted by molar-refractivity contribution is 0.799. The largest absolute Gasteiger partial charge is 0.267 e. The molecular weight excluding hydrogens is 240 g/mol. The third kappa shape index (κ3) is 1.81. The summed E-state index contributed by atoms with van der Waals surface area (Å²) < 4.78 is 3.44. The molecule has 3 aromatic rings. The molecule has 0 saturated heterocycles. The normalized spacial score (nSPS) is 11.1. The molecule has 96 valence electrons. The van der Waals surface area contributed by atoms with Gasteiger partial charge in [-0.25, -0.2) is 4.40 Å². The summed E-state index contributed by atoms with van der Waals surface area (Å²) in [6.45, 7) is 3.79. The van der Waals surface area contributed by atoms with Gasteiger partial charge >= 0.3 is 0 Å². The Morgan fingerprint density at radius 2 is 1.89 bits per heavy atom. The van der Waals surface area contributed by atoms with Crippen LogP contribution in [0, 0.1) is 12.3 Å². The van der Waals surface area contributed by atoms with E-state index in [1.807, 2.05) is 37.3 Å². The number of hydrogen-bond acceptors (Lipinski definition) is 4. The maximum Gasteiger partial charge on any atom is 0.241 e. The standard InChI is InChI=1S/C13H14N6/c1-3-11-17-19(10-7-5-4-6-8-10)13-16-9(2)15-12(14)18(11)13/h4-8,14H,3H2,1-2H3. The van der Waals surface area contributed by atoms with Crippen LogP contribution in [0.15, 0.2) is 30.3 Å². The fourth-order valence-corrected chi connectivity index (χ4v) is 2.07. The Morgan fingerprint density at radius 1 is 1.16 bits per heavy atom. The Labute approximate surface area is 109 Å². The third-order valence-electron chi connectivity index (χ3n) is 2.92. The predicted molar refractivity (Wildman–Crippen MR) is 70.1 cm³/mol. The van der Waals surface area contributed by atoms with Crippen molar-refractivity contribution in [3.05, 3.63) is 47.6 Å². The number of fused-ring (bicyclic) bond motifs is 1. The highest BCUT2D eigenvalue weighted by atomic mass is 15.4. The van der Waals surface area contributed by atoms with Crippen LogP contribution < -0.4 is 5.62 Å². The van der Waals surface area contributed by atoms with Crippen LogP contribution in [0.4, 0.5) is 0 Å². The predicted octanol–water partition coefficient (Wildman–Crippen LogP) is 1.27. The first-order chi connectivity index (χ1) is 9.20. The van der Waals surface area contributed by atoms with Gasteiger partial charge in [-0.15, -0.1) is 0 Å². The Morgan fingerprint density at radius 3 is 2.58 bits per heavy atom. The lowest BCUT2D eigenvalue weighted by atomic mass is 10.3. The SMILES string of the molecule is CCc1nn(-c2ccccc2)c2nc(C)nc(=N)n12. The fourth-order valence-electron chi connectivity index (χ4n) is 2.07. The smallest absolute Gasteiger partial charge is 0.241 e. The molecule has 6 nitrogen and oxygen atoms in total. The monoisotopic (exact) mass is 254 g/mol. The van der Waals surface area contributed by atoms with Crippen molar-refractivity contribution < 1.29 is 0 Å². The molecule has 0 aliphatic heterocycles. The molecule has 0 atom stereocenters. The molecular formula is C13H14N6. The van der Waals surface area contributed by atoms with Crippen molar-refractivity contribution in [3.8, 4) is 5.69 Å². The summed E-state index contributed by atoms with van der Waals surface area (Å²) in [6.07, 6.45) is 0.722. The van der Waals surface area contributed by atoms with Gasteiger partial charge in [0.2, 0.25) is 11.4 Å². The van der Waals surface area contributed by atoms with Gasteiger partial charge in [0.05, 0.1) is 5.69 Å². The van der Waals surface area contributed by atoms with Crippen LogP contribution in [0.1, 0.15) is 18.6 Å². The molecule has 6 heteroatoms. The molecule has 3 rings (SSSR count). The zero-order valence-corrected chi connectivity index (χ0v) is 10.8. The number of benzene rings is 1. The summed E-state index contributed by atoms with van der Waals surface area (Å²) in [5, 5.41) is 12.5. The van der Waals surface area contributed by atoms with Crippen LogP contribution in [0.5, 0.6) is 0 Å². The number of rotatable bonds is 2. The average Bonchev–Trinajstić information content (AvgIpc) is 2.78. The molecule has 2 aromatic heterocycles. The Balaban J connectivity index is 2.41. The number of aryl methyl sites for hydroxylation is 2. The zero-order valence-electron chi connectivity index (χ0n) is 10.8. The van der Waals surface area contributed by atoms with Gasteiger partial charge in [-0.2, -0.15) is 19.7 Å². The van der Waals surface area contributed by atoms with Crippen LogP contribution in [0.2, 0.25) is 0 Å². The molecule has 0 saturated carbocycles. The molecule has 0 aliphatic carbocycles. The molecule has 2 heterocycles. The zero-order chi connectivity index (χ0) is 13.4. The minimum absolute atomic E-state index is 0.168. The van der Waals surface area contributed by atoms with E-state index >= 15 is 0 Å². The molecule has 19 heavy (non-hydrogen) atoms. The maximum atomic E-state index is 7.98.